The molecule has 0 aliphatic carbocycles. The van der Waals surface area contributed by atoms with Gasteiger partial charge >= 0.3 is 17.7 Å². The molecule has 2 heterocycles. The highest BCUT2D eigenvalue weighted by Crippen LogP contribution is 2.23. The van der Waals surface area contributed by atoms with Gasteiger partial charge < -0.3 is 28.3 Å². The fourth-order valence-electron chi connectivity index (χ4n) is 3.43. The summed E-state index contributed by atoms with van der Waals surface area (Å²) in [6.07, 6.45) is -1.69. The normalized spacial score (nSPS) is 11.9. The van der Waals surface area contributed by atoms with Gasteiger partial charge in [-0.1, -0.05) is 48.0 Å². The number of carbonyl (C=O) groups excluding carboxylic acids is 2. The monoisotopic (exact) mass is 543 g/mol. The molecule has 0 fully saturated rings. The molecule has 3 N–H and O–H groups in total. The second-order valence-corrected chi connectivity index (χ2v) is 8.57. The summed E-state index contributed by atoms with van der Waals surface area (Å²) in [7, 11) is 0. The van der Waals surface area contributed by atoms with Crippen LogP contribution in [0.1, 0.15) is 27.6 Å². The summed E-state index contributed by atoms with van der Waals surface area (Å²) < 4.78 is 19.2. The molecule has 0 aliphatic rings. The maximum atomic E-state index is 12.6. The van der Waals surface area contributed by atoms with Gasteiger partial charge in [-0.25, -0.2) is 14.6 Å². The van der Waals surface area contributed by atoms with E-state index in [1.807, 2.05) is 42.5 Å². The molecule has 4 aromatic rings. The molecular weight excluding hydrogens is 522 g/mol. The van der Waals surface area contributed by atoms with Crippen LogP contribution in [-0.2, 0) is 22.7 Å². The van der Waals surface area contributed by atoms with Gasteiger partial charge in [0.25, 0.3) is 5.88 Å². The van der Waals surface area contributed by atoms with E-state index in [4.69, 9.17) is 29.7 Å². The molecule has 1 atom stereocenters. The summed E-state index contributed by atoms with van der Waals surface area (Å²) in [5, 5.41) is 24.9. The zero-order valence-corrected chi connectivity index (χ0v) is 20.7. The third-order valence-electron chi connectivity index (χ3n) is 5.31. The lowest BCUT2D eigenvalue weighted by atomic mass is 10.0. The highest BCUT2D eigenvalue weighted by molar-refractivity contribution is 6.30. The Kier molecular flexibility index (Phi) is 8.26. The number of hydrazine groups is 1. The average molecular weight is 544 g/mol. The number of amides is 1. The molecule has 0 saturated heterocycles. The maximum Gasteiger partial charge on any atom is 0.519 e. The predicted molar refractivity (Wildman–Crippen MR) is 131 cm³/mol. The quantitative estimate of drug-likeness (QED) is 0.198. The van der Waals surface area contributed by atoms with Gasteiger partial charge in [-0.3, -0.25) is 10.2 Å². The number of nitrogens with one attached hydrogen (secondary N) is 1. The van der Waals surface area contributed by atoms with Crippen molar-refractivity contribution in [2.75, 3.05) is 6.54 Å². The summed E-state index contributed by atoms with van der Waals surface area (Å²) >= 11 is 6.08. The zero-order chi connectivity index (χ0) is 27.2. The maximum absolute atomic E-state index is 12.6. The van der Waals surface area contributed by atoms with Crippen molar-refractivity contribution in [1.29, 1.82) is 0 Å². The Morgan fingerprint density at radius 2 is 1.89 bits per heavy atom. The molecule has 0 unspecified atom stereocenters. The Labute approximate surface area is 219 Å². The zero-order valence-electron chi connectivity index (χ0n) is 19.9. The standard InChI is InChI=1S/C25H22ClN3O9/c1-14-21(37-25(34)36-14)13-35-24(33)19(30)12-29(27-23(32)20-10-22(31)28-38-20)11-15-5-7-16(8-6-15)17-3-2-4-18(26)9-17/h2-10,19,30H,11-13H2,1H3,(H,27,32)(H,28,31)/t19-/m1/s1. The first-order valence-corrected chi connectivity index (χ1v) is 11.6. The van der Waals surface area contributed by atoms with Crippen molar-refractivity contribution in [3.63, 3.8) is 0 Å². The molecule has 0 bridgehead atoms. The van der Waals surface area contributed by atoms with Gasteiger partial charge in [-0.15, -0.1) is 0 Å². The third kappa shape index (κ3) is 6.88. The van der Waals surface area contributed by atoms with Crippen molar-refractivity contribution >= 4 is 23.5 Å². The number of aliphatic hydroxyl groups excluding tert-OH is 1. The van der Waals surface area contributed by atoms with E-state index in [2.05, 4.69) is 10.6 Å². The fourth-order valence-corrected chi connectivity index (χ4v) is 3.63. The number of aryl methyl sites for hydroxylation is 1. The van der Waals surface area contributed by atoms with Gasteiger partial charge in [-0.05, 0) is 40.9 Å². The van der Waals surface area contributed by atoms with E-state index in [0.717, 1.165) is 22.8 Å². The second kappa shape index (κ2) is 11.8. The lowest BCUT2D eigenvalue weighted by Crippen LogP contribution is -2.47. The molecule has 2 aromatic heterocycles. The summed E-state index contributed by atoms with van der Waals surface area (Å²) in [5.41, 5.74) is 5.07. The van der Waals surface area contributed by atoms with Crippen LogP contribution >= 0.6 is 11.6 Å². The van der Waals surface area contributed by atoms with Crippen LogP contribution in [-0.4, -0.2) is 44.9 Å². The van der Waals surface area contributed by atoms with Crippen LogP contribution in [0.15, 0.2) is 72.7 Å². The highest BCUT2D eigenvalue weighted by atomic mass is 35.5. The van der Waals surface area contributed by atoms with Crippen molar-refractivity contribution in [1.82, 2.24) is 15.6 Å². The Morgan fingerprint density at radius 3 is 2.53 bits per heavy atom. The van der Waals surface area contributed by atoms with Crippen molar-refractivity contribution in [2.45, 2.75) is 26.2 Å². The van der Waals surface area contributed by atoms with E-state index in [-0.39, 0.29) is 30.4 Å². The van der Waals surface area contributed by atoms with Gasteiger partial charge in [0.15, 0.2) is 24.2 Å². The molecule has 2 aromatic carbocycles. The van der Waals surface area contributed by atoms with Crippen molar-refractivity contribution in [3.8, 4) is 17.0 Å². The van der Waals surface area contributed by atoms with E-state index in [1.54, 1.807) is 6.07 Å². The number of hydrogen-bond donors (Lipinski definition) is 3. The van der Waals surface area contributed by atoms with Crippen LogP contribution < -0.4 is 11.2 Å². The van der Waals surface area contributed by atoms with E-state index in [0.29, 0.717) is 5.02 Å². The van der Waals surface area contributed by atoms with Gasteiger partial charge in [0.2, 0.25) is 5.76 Å². The summed E-state index contributed by atoms with van der Waals surface area (Å²) in [5.74, 6) is -3.36. The van der Waals surface area contributed by atoms with E-state index in [1.165, 1.54) is 11.9 Å². The van der Waals surface area contributed by atoms with Crippen molar-refractivity contribution in [2.24, 2.45) is 0 Å². The number of benzene rings is 2. The number of carbonyl (C=O) groups is 2. The Balaban J connectivity index is 1.45. The number of aromatic nitrogens is 1. The van der Waals surface area contributed by atoms with Crippen LogP contribution in [0, 0.1) is 6.92 Å². The molecule has 0 saturated carbocycles. The largest absolute Gasteiger partial charge is 0.519 e. The number of hydrogen-bond acceptors (Lipinski definition) is 11. The molecule has 0 aliphatic heterocycles. The fraction of sp³-hybridized carbons (Fsp3) is 0.200. The van der Waals surface area contributed by atoms with E-state index >= 15 is 0 Å². The molecule has 38 heavy (non-hydrogen) atoms. The van der Waals surface area contributed by atoms with E-state index < -0.39 is 36.3 Å². The number of aliphatic hydroxyl groups is 1. The summed E-state index contributed by atoms with van der Waals surface area (Å²) in [6.45, 7) is 0.722. The smallest absolute Gasteiger partial charge is 0.491 e. The third-order valence-corrected chi connectivity index (χ3v) is 5.55. The first-order chi connectivity index (χ1) is 18.2. The molecular formula is C25H22ClN3O9. The van der Waals surface area contributed by atoms with Crippen molar-refractivity contribution in [3.05, 3.63) is 93.1 Å². The van der Waals surface area contributed by atoms with Crippen LogP contribution in [0.3, 0.4) is 0 Å². The Bertz CT molecular complexity index is 1480. The van der Waals surface area contributed by atoms with Crippen LogP contribution in [0.2, 0.25) is 5.02 Å². The Morgan fingerprint density at radius 1 is 1.13 bits per heavy atom. The lowest BCUT2D eigenvalue weighted by Gasteiger charge is -2.24. The SMILES string of the molecule is Cc1oc(=O)oc1COC(=O)[C@H](O)CN(Cc1ccc(-c2cccc(Cl)c2)cc1)NC(=O)c1cc(O)no1. The number of ether oxygens (including phenoxy) is 1. The van der Waals surface area contributed by atoms with Crippen molar-refractivity contribution < 1.29 is 37.9 Å². The first-order valence-electron chi connectivity index (χ1n) is 11.2. The minimum atomic E-state index is -1.69. The molecule has 1 amide bonds. The number of esters is 1. The molecule has 13 heteroatoms. The van der Waals surface area contributed by atoms with Crippen LogP contribution in [0.4, 0.5) is 0 Å². The minimum absolute atomic E-state index is 0.00521. The van der Waals surface area contributed by atoms with E-state index in [9.17, 15) is 24.6 Å². The second-order valence-electron chi connectivity index (χ2n) is 8.14. The molecule has 0 radical (unpaired) electrons. The molecule has 0 spiro atoms. The number of rotatable bonds is 10. The molecule has 12 nitrogen and oxygen atoms in total. The van der Waals surface area contributed by atoms with Gasteiger partial charge in [-0.2, -0.15) is 0 Å². The highest BCUT2D eigenvalue weighted by Gasteiger charge is 2.24. The lowest BCUT2D eigenvalue weighted by molar-refractivity contribution is -0.157. The predicted octanol–water partition coefficient (Wildman–Crippen LogP) is 2.81. The number of nitrogens with zero attached hydrogens (tertiary/aromatic N) is 2. The minimum Gasteiger partial charge on any atom is -0.491 e. The Hall–Kier alpha value is -4.39. The van der Waals surface area contributed by atoms with Crippen LogP contribution in [0.25, 0.3) is 11.1 Å². The summed E-state index contributed by atoms with van der Waals surface area (Å²) in [6, 6.07) is 15.7. The van der Waals surface area contributed by atoms with Gasteiger partial charge in [0.05, 0.1) is 12.6 Å². The summed E-state index contributed by atoms with van der Waals surface area (Å²) in [4.78, 5) is 36.1. The average Bonchev–Trinajstić information content (AvgIpc) is 3.46. The molecule has 4 rings (SSSR count). The van der Waals surface area contributed by atoms with Gasteiger partial charge in [0, 0.05) is 11.6 Å². The molecule has 198 valence electrons. The number of halogens is 1. The topological polar surface area (TPSA) is 168 Å². The van der Waals surface area contributed by atoms with Gasteiger partial charge in [0.1, 0.15) is 0 Å². The van der Waals surface area contributed by atoms with Crippen LogP contribution in [0.5, 0.6) is 5.88 Å². The first kappa shape index (κ1) is 26.7. The number of aromatic hydroxyl groups is 1.